The lowest BCUT2D eigenvalue weighted by atomic mass is 10.1. The number of rotatable bonds is 7. The number of nitrogens with zero attached hydrogens (tertiary/aromatic N) is 4. The number of methoxy groups -OCH3 is 2. The molecule has 0 aliphatic carbocycles. The number of halogens is 2. The van der Waals surface area contributed by atoms with E-state index in [4.69, 9.17) is 26.1 Å². The molecule has 0 bridgehead atoms. The Morgan fingerprint density at radius 2 is 2.21 bits per heavy atom. The van der Waals surface area contributed by atoms with Crippen LogP contribution in [0.5, 0.6) is 5.75 Å². The fourth-order valence-electron chi connectivity index (χ4n) is 3.20. The van der Waals surface area contributed by atoms with Crippen LogP contribution in [0.25, 0.3) is 0 Å². The Balaban J connectivity index is 0.00000300. The number of benzene rings is 1. The summed E-state index contributed by atoms with van der Waals surface area (Å²) in [6.45, 7) is 4.51. The Morgan fingerprint density at radius 3 is 2.93 bits per heavy atom. The monoisotopic (exact) mass is 534 g/mol. The van der Waals surface area contributed by atoms with Crippen LogP contribution < -0.4 is 15.4 Å². The molecule has 0 amide bonds. The van der Waals surface area contributed by atoms with Gasteiger partial charge in [-0.1, -0.05) is 17.7 Å². The molecule has 2 aromatic rings. The Morgan fingerprint density at radius 1 is 1.38 bits per heavy atom. The predicted molar refractivity (Wildman–Crippen MR) is 124 cm³/mol. The minimum Gasteiger partial charge on any atom is -0.496 e. The van der Waals surface area contributed by atoms with Gasteiger partial charge in [0, 0.05) is 36.7 Å². The van der Waals surface area contributed by atoms with Crippen molar-refractivity contribution in [1.82, 2.24) is 25.4 Å². The molecule has 160 valence electrons. The maximum Gasteiger partial charge on any atom is 0.191 e. The van der Waals surface area contributed by atoms with E-state index in [2.05, 4.69) is 20.7 Å². The summed E-state index contributed by atoms with van der Waals surface area (Å²) in [5, 5.41) is 12.0. The van der Waals surface area contributed by atoms with E-state index < -0.39 is 0 Å². The molecule has 0 saturated heterocycles. The molecule has 1 aromatic carbocycles. The van der Waals surface area contributed by atoms with Gasteiger partial charge in [0.05, 0.1) is 20.2 Å². The quantitative estimate of drug-likeness (QED) is 0.323. The first-order valence-electron chi connectivity index (χ1n) is 9.41. The Hall–Kier alpha value is -1.59. The molecule has 2 heterocycles. The van der Waals surface area contributed by atoms with Gasteiger partial charge in [-0.3, -0.25) is 0 Å². The molecule has 1 atom stereocenters. The SMILES string of the molecule is CCNC(=NCc1ccc(Cl)cc1OC)NC1CCc2nc(COC)nn2C1.I. The highest BCUT2D eigenvalue weighted by Gasteiger charge is 2.22. The van der Waals surface area contributed by atoms with Crippen molar-refractivity contribution in [1.29, 1.82) is 0 Å². The van der Waals surface area contributed by atoms with Crippen molar-refractivity contribution in [2.24, 2.45) is 4.99 Å². The van der Waals surface area contributed by atoms with Gasteiger partial charge in [0.25, 0.3) is 0 Å². The van der Waals surface area contributed by atoms with Gasteiger partial charge < -0.3 is 20.1 Å². The van der Waals surface area contributed by atoms with Gasteiger partial charge in [0.1, 0.15) is 18.2 Å². The minimum atomic E-state index is 0. The van der Waals surface area contributed by atoms with Crippen molar-refractivity contribution in [3.63, 3.8) is 0 Å². The molecule has 1 aliphatic rings. The Kier molecular flexibility index (Phi) is 9.44. The van der Waals surface area contributed by atoms with Crippen molar-refractivity contribution < 1.29 is 9.47 Å². The summed E-state index contributed by atoms with van der Waals surface area (Å²) in [4.78, 5) is 9.23. The number of aromatic nitrogens is 3. The summed E-state index contributed by atoms with van der Waals surface area (Å²) >= 11 is 6.04. The summed E-state index contributed by atoms with van der Waals surface area (Å²) in [7, 11) is 3.29. The van der Waals surface area contributed by atoms with Crippen molar-refractivity contribution in [3.05, 3.63) is 40.4 Å². The zero-order valence-electron chi connectivity index (χ0n) is 16.9. The maximum absolute atomic E-state index is 6.04. The third kappa shape index (κ3) is 6.45. The van der Waals surface area contributed by atoms with Crippen LogP contribution in [-0.4, -0.2) is 47.5 Å². The van der Waals surface area contributed by atoms with Gasteiger partial charge in [-0.05, 0) is 25.5 Å². The number of nitrogens with one attached hydrogen (secondary N) is 2. The summed E-state index contributed by atoms with van der Waals surface area (Å²) < 4.78 is 12.5. The van der Waals surface area contributed by atoms with Gasteiger partial charge >= 0.3 is 0 Å². The van der Waals surface area contributed by atoms with Crippen LogP contribution in [-0.2, 0) is 30.9 Å². The molecular formula is C19H28ClIN6O2. The van der Waals surface area contributed by atoms with Crippen molar-refractivity contribution in [2.45, 2.75) is 45.5 Å². The Bertz CT molecular complexity index is 829. The Labute approximate surface area is 193 Å². The average Bonchev–Trinajstić information content (AvgIpc) is 3.09. The molecule has 3 rings (SSSR count). The third-order valence-electron chi connectivity index (χ3n) is 4.52. The molecule has 8 nitrogen and oxygen atoms in total. The van der Waals surface area contributed by atoms with Crippen LogP contribution >= 0.6 is 35.6 Å². The highest BCUT2D eigenvalue weighted by atomic mass is 127. The third-order valence-corrected chi connectivity index (χ3v) is 4.75. The fourth-order valence-corrected chi connectivity index (χ4v) is 3.36. The number of aryl methyl sites for hydroxylation is 1. The minimum absolute atomic E-state index is 0. The van der Waals surface area contributed by atoms with Crippen molar-refractivity contribution in [2.75, 3.05) is 20.8 Å². The summed E-state index contributed by atoms with van der Waals surface area (Å²) in [6.07, 6.45) is 1.85. The van der Waals surface area contributed by atoms with Crippen molar-refractivity contribution in [3.8, 4) is 5.75 Å². The van der Waals surface area contributed by atoms with Gasteiger partial charge in [-0.25, -0.2) is 14.7 Å². The number of ether oxygens (including phenoxy) is 2. The standard InChI is InChI=1S/C19H27ClN6O2.HI/c1-4-21-19(22-10-13-5-6-14(20)9-16(13)28-3)23-15-7-8-18-24-17(12-27-2)25-26(18)11-15;/h5-6,9,15H,4,7-8,10-12H2,1-3H3,(H2,21,22,23);1H. The molecule has 1 aromatic heterocycles. The van der Waals surface area contributed by atoms with E-state index in [1.54, 1.807) is 20.3 Å². The number of guanidine groups is 1. The second-order valence-corrected chi connectivity index (χ2v) is 7.03. The molecule has 0 spiro atoms. The van der Waals surface area contributed by atoms with Gasteiger partial charge in [0.2, 0.25) is 0 Å². The molecule has 0 radical (unpaired) electrons. The molecular weight excluding hydrogens is 507 g/mol. The maximum atomic E-state index is 6.04. The van der Waals surface area contributed by atoms with E-state index in [1.807, 2.05) is 23.7 Å². The van der Waals surface area contributed by atoms with Crippen LogP contribution in [0, 0.1) is 0 Å². The lowest BCUT2D eigenvalue weighted by Crippen LogP contribution is -2.47. The average molecular weight is 535 g/mol. The van der Waals surface area contributed by atoms with Crippen LogP contribution in [0.3, 0.4) is 0 Å². The van der Waals surface area contributed by atoms with Gasteiger partial charge in [-0.15, -0.1) is 24.0 Å². The fraction of sp³-hybridized carbons (Fsp3) is 0.526. The lowest BCUT2D eigenvalue weighted by molar-refractivity contribution is 0.177. The lowest BCUT2D eigenvalue weighted by Gasteiger charge is -2.25. The smallest absolute Gasteiger partial charge is 0.191 e. The second kappa shape index (κ2) is 11.6. The largest absolute Gasteiger partial charge is 0.496 e. The number of hydrogen-bond donors (Lipinski definition) is 2. The van der Waals surface area contributed by atoms with E-state index in [1.165, 1.54) is 0 Å². The highest BCUT2D eigenvalue weighted by Crippen LogP contribution is 2.23. The molecule has 1 unspecified atom stereocenters. The van der Waals surface area contributed by atoms with Crippen molar-refractivity contribution >= 4 is 41.5 Å². The van der Waals surface area contributed by atoms with Crippen LogP contribution in [0.2, 0.25) is 5.02 Å². The molecule has 2 N–H and O–H groups in total. The topological polar surface area (TPSA) is 85.6 Å². The van der Waals surface area contributed by atoms with E-state index in [-0.39, 0.29) is 30.0 Å². The van der Waals surface area contributed by atoms with E-state index in [9.17, 15) is 0 Å². The van der Waals surface area contributed by atoms with Crippen LogP contribution in [0.4, 0.5) is 0 Å². The highest BCUT2D eigenvalue weighted by molar-refractivity contribution is 14.0. The van der Waals surface area contributed by atoms with Crippen LogP contribution in [0.15, 0.2) is 23.2 Å². The molecule has 29 heavy (non-hydrogen) atoms. The van der Waals surface area contributed by atoms with E-state index >= 15 is 0 Å². The number of hydrogen-bond acceptors (Lipinski definition) is 5. The zero-order valence-corrected chi connectivity index (χ0v) is 20.0. The second-order valence-electron chi connectivity index (χ2n) is 6.59. The zero-order chi connectivity index (χ0) is 19.9. The first kappa shape index (κ1) is 23.7. The summed E-state index contributed by atoms with van der Waals surface area (Å²) in [5.41, 5.74) is 0.982. The van der Waals surface area contributed by atoms with Gasteiger partial charge in [0.15, 0.2) is 11.8 Å². The first-order valence-corrected chi connectivity index (χ1v) is 9.79. The van der Waals surface area contributed by atoms with Crippen LogP contribution in [0.1, 0.15) is 30.6 Å². The first-order chi connectivity index (χ1) is 13.6. The molecule has 0 fully saturated rings. The van der Waals surface area contributed by atoms with Gasteiger partial charge in [-0.2, -0.15) is 5.10 Å². The normalized spacial score (nSPS) is 16.0. The summed E-state index contributed by atoms with van der Waals surface area (Å²) in [6, 6.07) is 5.82. The van der Waals surface area contributed by atoms with E-state index in [0.717, 1.165) is 54.9 Å². The molecule has 10 heteroatoms. The number of fused-ring (bicyclic) bond motifs is 1. The number of aliphatic imine (C=N–C) groups is 1. The summed E-state index contributed by atoms with van der Waals surface area (Å²) in [5.74, 6) is 3.25. The van der Waals surface area contributed by atoms with E-state index in [0.29, 0.717) is 18.2 Å². The molecule has 1 aliphatic heterocycles. The molecule has 0 saturated carbocycles. The predicted octanol–water partition coefficient (Wildman–Crippen LogP) is 2.77.